The zero-order valence-corrected chi connectivity index (χ0v) is 15.6. The molecule has 28 heavy (non-hydrogen) atoms. The molecule has 10 nitrogen and oxygen atoms in total. The van der Waals surface area contributed by atoms with Crippen molar-refractivity contribution in [3.05, 3.63) is 35.9 Å². The highest BCUT2D eigenvalue weighted by molar-refractivity contribution is 7.52. The van der Waals surface area contributed by atoms with E-state index in [1.165, 1.54) is 11.2 Å². The fourth-order valence-electron chi connectivity index (χ4n) is 2.54. The summed E-state index contributed by atoms with van der Waals surface area (Å²) < 4.78 is 35.7. The third-order valence-electron chi connectivity index (χ3n) is 3.90. The number of guanidine groups is 1. The molecule has 1 amide bonds. The Morgan fingerprint density at radius 1 is 1.32 bits per heavy atom. The molecule has 2 aliphatic heterocycles. The van der Waals surface area contributed by atoms with Gasteiger partial charge in [-0.15, -0.1) is 0 Å². The molecule has 1 aromatic carbocycles. The van der Waals surface area contributed by atoms with E-state index in [1.54, 1.807) is 24.3 Å². The van der Waals surface area contributed by atoms with Crippen molar-refractivity contribution in [1.82, 2.24) is 4.90 Å². The van der Waals surface area contributed by atoms with Crippen LogP contribution in [0.3, 0.4) is 0 Å². The molecule has 2 aliphatic rings. The first-order chi connectivity index (χ1) is 13.4. The Bertz CT molecular complexity index is 862. The monoisotopic (exact) mass is 411 g/mol. The van der Waals surface area contributed by atoms with Crippen LogP contribution >= 0.6 is 7.60 Å². The SMILES string of the molecule is NC1=NC(=O)C2N=CN(CC(CF)OCP(=O)(O)OCc3ccccc3)C2=N1. The van der Waals surface area contributed by atoms with Gasteiger partial charge in [0.25, 0.3) is 5.91 Å². The first-order valence-corrected chi connectivity index (χ1v) is 10.1. The molecule has 12 heteroatoms. The summed E-state index contributed by atoms with van der Waals surface area (Å²) in [7, 11) is -4.08. The third-order valence-corrected chi connectivity index (χ3v) is 4.91. The minimum absolute atomic E-state index is 0.0732. The van der Waals surface area contributed by atoms with Crippen LogP contribution in [0.2, 0.25) is 0 Å². The Kier molecular flexibility index (Phi) is 6.30. The fourth-order valence-corrected chi connectivity index (χ4v) is 3.36. The third kappa shape index (κ3) is 5.08. The molecule has 3 unspecified atom stereocenters. The van der Waals surface area contributed by atoms with Crippen LogP contribution in [-0.2, 0) is 25.2 Å². The number of hydrogen-bond donors (Lipinski definition) is 2. The number of nitrogens with two attached hydrogens (primary N) is 1. The van der Waals surface area contributed by atoms with Crippen molar-refractivity contribution in [2.75, 3.05) is 19.6 Å². The van der Waals surface area contributed by atoms with Gasteiger partial charge in [-0.1, -0.05) is 30.3 Å². The van der Waals surface area contributed by atoms with Gasteiger partial charge in [0.1, 0.15) is 25.0 Å². The number of hydrogen-bond acceptors (Lipinski definition) is 8. The van der Waals surface area contributed by atoms with Gasteiger partial charge in [0.2, 0.25) is 5.96 Å². The molecule has 150 valence electrons. The second-order valence-electron chi connectivity index (χ2n) is 6.07. The number of carbonyl (C=O) groups is 1. The highest BCUT2D eigenvalue weighted by atomic mass is 31.2. The Morgan fingerprint density at radius 2 is 2.07 bits per heavy atom. The van der Waals surface area contributed by atoms with E-state index < -0.39 is 38.7 Å². The summed E-state index contributed by atoms with van der Waals surface area (Å²) >= 11 is 0. The smallest absolute Gasteiger partial charge is 0.353 e. The van der Waals surface area contributed by atoms with Crippen LogP contribution in [0.4, 0.5) is 4.39 Å². The van der Waals surface area contributed by atoms with E-state index in [1.807, 2.05) is 6.07 Å². The normalized spacial score (nSPS) is 21.7. The first-order valence-electron chi connectivity index (χ1n) is 8.32. The predicted octanol–water partition coefficient (Wildman–Crippen LogP) is 0.667. The molecule has 2 heterocycles. The van der Waals surface area contributed by atoms with Crippen LogP contribution in [0.1, 0.15) is 5.56 Å². The molecule has 0 saturated carbocycles. The van der Waals surface area contributed by atoms with Crippen LogP contribution in [0.25, 0.3) is 0 Å². The fraction of sp³-hybridized carbons (Fsp3) is 0.375. The maximum Gasteiger partial charge on any atom is 0.353 e. The zero-order chi connectivity index (χ0) is 20.1. The van der Waals surface area contributed by atoms with Crippen molar-refractivity contribution in [2.24, 2.45) is 20.7 Å². The van der Waals surface area contributed by atoms with Gasteiger partial charge in [0.05, 0.1) is 19.5 Å². The molecule has 0 spiro atoms. The van der Waals surface area contributed by atoms with E-state index in [9.17, 15) is 18.6 Å². The van der Waals surface area contributed by atoms with Gasteiger partial charge in [-0.3, -0.25) is 14.4 Å². The summed E-state index contributed by atoms with van der Waals surface area (Å²) in [4.78, 5) is 34.5. The average molecular weight is 411 g/mol. The van der Waals surface area contributed by atoms with Crippen LogP contribution in [0.15, 0.2) is 45.3 Å². The molecule has 3 atom stereocenters. The van der Waals surface area contributed by atoms with Crippen molar-refractivity contribution in [2.45, 2.75) is 18.8 Å². The van der Waals surface area contributed by atoms with Gasteiger partial charge >= 0.3 is 7.60 Å². The highest BCUT2D eigenvalue weighted by Crippen LogP contribution is 2.43. The number of alkyl halides is 1. The van der Waals surface area contributed by atoms with Crippen molar-refractivity contribution < 1.29 is 27.9 Å². The van der Waals surface area contributed by atoms with Crippen molar-refractivity contribution in [3.63, 3.8) is 0 Å². The molecule has 1 aromatic rings. The maximum absolute atomic E-state index is 13.4. The van der Waals surface area contributed by atoms with Gasteiger partial charge in [-0.25, -0.2) is 4.39 Å². The second-order valence-corrected chi connectivity index (χ2v) is 7.86. The van der Waals surface area contributed by atoms with Gasteiger partial charge in [-0.05, 0) is 5.56 Å². The van der Waals surface area contributed by atoms with Gasteiger partial charge in [0, 0.05) is 0 Å². The number of aliphatic imine (C=N–C) groups is 3. The maximum atomic E-state index is 13.4. The number of nitrogens with zero attached hydrogens (tertiary/aromatic N) is 4. The topological polar surface area (TPSA) is 139 Å². The second kappa shape index (κ2) is 8.70. The average Bonchev–Trinajstić information content (AvgIpc) is 3.07. The van der Waals surface area contributed by atoms with E-state index in [2.05, 4.69) is 15.0 Å². The quantitative estimate of drug-likeness (QED) is 0.569. The minimum Gasteiger partial charge on any atom is -0.368 e. The lowest BCUT2D eigenvalue weighted by atomic mass is 10.2. The number of amidine groups is 1. The van der Waals surface area contributed by atoms with Crippen LogP contribution < -0.4 is 5.73 Å². The van der Waals surface area contributed by atoms with Crippen LogP contribution in [0, 0.1) is 0 Å². The van der Waals surface area contributed by atoms with Crippen molar-refractivity contribution in [1.29, 1.82) is 0 Å². The number of amides is 1. The summed E-state index contributed by atoms with van der Waals surface area (Å²) in [6, 6.07) is 7.94. The number of carbonyl (C=O) groups excluding carboxylic acids is 1. The largest absolute Gasteiger partial charge is 0.368 e. The van der Waals surface area contributed by atoms with E-state index in [0.717, 1.165) is 5.56 Å². The first kappa shape index (κ1) is 20.3. The van der Waals surface area contributed by atoms with Gasteiger partial charge in [0.15, 0.2) is 6.04 Å². The minimum atomic E-state index is -4.08. The standard InChI is InChI=1S/C16H19FN5O5P/c17-6-12(7-22-9-19-13-14(22)20-16(18)21-15(13)23)26-10-28(24,25)27-8-11-4-2-1-3-5-11/h1-5,9,12-13H,6-8,10H2,(H,24,25)(H2,18,21,23). The summed E-state index contributed by atoms with van der Waals surface area (Å²) in [5, 5.41) is 0. The predicted molar refractivity (Wildman–Crippen MR) is 99.8 cm³/mol. The van der Waals surface area contributed by atoms with Crippen molar-refractivity contribution >= 4 is 31.6 Å². The van der Waals surface area contributed by atoms with Crippen LogP contribution in [0.5, 0.6) is 0 Å². The Morgan fingerprint density at radius 3 is 2.79 bits per heavy atom. The Hall–Kier alpha value is -2.46. The van der Waals surface area contributed by atoms with Gasteiger partial charge in [-0.2, -0.15) is 9.98 Å². The van der Waals surface area contributed by atoms with E-state index in [0.29, 0.717) is 0 Å². The lowest BCUT2D eigenvalue weighted by Gasteiger charge is -2.24. The lowest BCUT2D eigenvalue weighted by molar-refractivity contribution is -0.117. The number of benzene rings is 1. The van der Waals surface area contributed by atoms with E-state index >= 15 is 0 Å². The molecule has 0 aliphatic carbocycles. The molecule has 0 aromatic heterocycles. The summed E-state index contributed by atoms with van der Waals surface area (Å²) in [6.45, 7) is -1.08. The summed E-state index contributed by atoms with van der Waals surface area (Å²) in [5.41, 5.74) is 6.19. The number of rotatable bonds is 9. The molecule has 0 radical (unpaired) electrons. The Labute approximate surface area is 160 Å². The Balaban J connectivity index is 1.53. The van der Waals surface area contributed by atoms with Gasteiger partial charge < -0.3 is 24.8 Å². The summed E-state index contributed by atoms with van der Waals surface area (Å²) in [6.07, 6.45) is -0.437. The number of halogens is 1. The molecule has 3 N–H and O–H groups in total. The highest BCUT2D eigenvalue weighted by Gasteiger charge is 2.36. The van der Waals surface area contributed by atoms with E-state index in [-0.39, 0.29) is 24.9 Å². The number of ether oxygens (including phenoxy) is 1. The molecule has 3 rings (SSSR count). The van der Waals surface area contributed by atoms with Crippen molar-refractivity contribution in [3.8, 4) is 0 Å². The zero-order valence-electron chi connectivity index (χ0n) is 14.7. The lowest BCUT2D eigenvalue weighted by Crippen LogP contribution is -2.43. The van der Waals surface area contributed by atoms with E-state index in [4.69, 9.17) is 15.0 Å². The molecular formula is C16H19FN5O5P. The number of fused-ring (bicyclic) bond motifs is 1. The molecule has 0 bridgehead atoms. The van der Waals surface area contributed by atoms with Crippen LogP contribution in [-0.4, -0.2) is 65.5 Å². The molecule has 0 fully saturated rings. The summed E-state index contributed by atoms with van der Waals surface area (Å²) in [5.74, 6) is -0.557. The molecular weight excluding hydrogens is 392 g/mol. The molecule has 0 saturated heterocycles.